The van der Waals surface area contributed by atoms with Crippen LogP contribution in [0.5, 0.6) is 0 Å². The number of alkyl halides is 3. The molecule has 0 bridgehead atoms. The molecule has 1 atom stereocenters. The van der Waals surface area contributed by atoms with Crippen LogP contribution in [0, 0.1) is 0 Å². The standard InChI is InChI=1S/C20H24F3N5O/c21-20(22,23)17-8-10-25-28(17)15-6-5-13-27(14-15)19(29)16-7-4-9-24-18(16)26-11-2-1-3-12-26/h4,7-10,15H,1-3,5-6,11-14H2. The van der Waals surface area contributed by atoms with Gasteiger partial charge >= 0.3 is 6.18 Å². The molecule has 2 saturated heterocycles. The quantitative estimate of drug-likeness (QED) is 0.777. The number of anilines is 1. The van der Waals surface area contributed by atoms with Crippen molar-refractivity contribution < 1.29 is 18.0 Å². The predicted octanol–water partition coefficient (Wildman–Crippen LogP) is 3.76. The van der Waals surface area contributed by atoms with Gasteiger partial charge in [-0.15, -0.1) is 0 Å². The molecule has 2 aliphatic heterocycles. The van der Waals surface area contributed by atoms with E-state index in [0.29, 0.717) is 30.8 Å². The van der Waals surface area contributed by atoms with Crippen molar-refractivity contribution in [3.8, 4) is 0 Å². The molecule has 4 rings (SSSR count). The maximum atomic E-state index is 13.3. The lowest BCUT2D eigenvalue weighted by Crippen LogP contribution is -2.42. The zero-order chi connectivity index (χ0) is 20.4. The molecule has 0 spiro atoms. The minimum Gasteiger partial charge on any atom is -0.356 e. The van der Waals surface area contributed by atoms with Gasteiger partial charge < -0.3 is 9.80 Å². The molecule has 2 aromatic heterocycles. The first-order chi connectivity index (χ1) is 13.9. The van der Waals surface area contributed by atoms with E-state index in [1.165, 1.54) is 12.6 Å². The van der Waals surface area contributed by atoms with Gasteiger partial charge in [-0.2, -0.15) is 18.3 Å². The van der Waals surface area contributed by atoms with E-state index in [2.05, 4.69) is 15.0 Å². The van der Waals surface area contributed by atoms with Gasteiger partial charge in [0.2, 0.25) is 0 Å². The molecule has 29 heavy (non-hydrogen) atoms. The fraction of sp³-hybridized carbons (Fsp3) is 0.550. The number of nitrogens with zero attached hydrogens (tertiary/aromatic N) is 5. The summed E-state index contributed by atoms with van der Waals surface area (Å²) in [5.41, 5.74) is -0.251. The number of hydrogen-bond donors (Lipinski definition) is 0. The first kappa shape index (κ1) is 19.7. The zero-order valence-corrected chi connectivity index (χ0v) is 16.1. The Hall–Kier alpha value is -2.58. The van der Waals surface area contributed by atoms with E-state index >= 15 is 0 Å². The molecule has 1 amide bonds. The van der Waals surface area contributed by atoms with Crippen LogP contribution in [0.2, 0.25) is 0 Å². The van der Waals surface area contributed by atoms with Gasteiger partial charge in [0.1, 0.15) is 11.5 Å². The first-order valence-corrected chi connectivity index (χ1v) is 10.0. The van der Waals surface area contributed by atoms with Crippen molar-refractivity contribution in [3.63, 3.8) is 0 Å². The number of rotatable bonds is 3. The normalized spacial score (nSPS) is 20.7. The highest BCUT2D eigenvalue weighted by molar-refractivity contribution is 5.99. The van der Waals surface area contributed by atoms with E-state index < -0.39 is 17.9 Å². The van der Waals surface area contributed by atoms with Gasteiger partial charge in [-0.25, -0.2) is 4.98 Å². The largest absolute Gasteiger partial charge is 0.433 e. The molecule has 0 saturated carbocycles. The van der Waals surface area contributed by atoms with E-state index in [0.717, 1.165) is 36.7 Å². The number of pyridine rings is 1. The molecule has 0 aliphatic carbocycles. The van der Waals surface area contributed by atoms with Gasteiger partial charge in [-0.1, -0.05) is 0 Å². The van der Waals surface area contributed by atoms with Crippen LogP contribution in [0.4, 0.5) is 19.0 Å². The van der Waals surface area contributed by atoms with Crippen molar-refractivity contribution in [2.45, 2.75) is 44.3 Å². The van der Waals surface area contributed by atoms with Crippen molar-refractivity contribution in [2.24, 2.45) is 0 Å². The summed E-state index contributed by atoms with van der Waals surface area (Å²) in [7, 11) is 0. The number of halogens is 3. The molecule has 156 valence electrons. The van der Waals surface area contributed by atoms with Gasteiger partial charge in [0.15, 0.2) is 0 Å². The smallest absolute Gasteiger partial charge is 0.356 e. The molecule has 0 radical (unpaired) electrons. The van der Waals surface area contributed by atoms with E-state index in [1.807, 2.05) is 0 Å². The third-order valence-corrected chi connectivity index (χ3v) is 5.66. The van der Waals surface area contributed by atoms with Gasteiger partial charge in [-0.05, 0) is 50.3 Å². The van der Waals surface area contributed by atoms with Crippen molar-refractivity contribution in [2.75, 3.05) is 31.1 Å². The Kier molecular flexibility index (Phi) is 5.47. The highest BCUT2D eigenvalue weighted by Crippen LogP contribution is 2.33. The fourth-order valence-electron chi connectivity index (χ4n) is 4.26. The Bertz CT molecular complexity index is 860. The number of likely N-dealkylation sites (tertiary alicyclic amines) is 1. The Morgan fingerprint density at radius 1 is 1.03 bits per heavy atom. The maximum absolute atomic E-state index is 13.3. The Labute approximate surface area is 167 Å². The lowest BCUT2D eigenvalue weighted by molar-refractivity contribution is -0.145. The van der Waals surface area contributed by atoms with Crippen LogP contribution in [0.25, 0.3) is 0 Å². The SMILES string of the molecule is O=C(c1cccnc1N1CCCCC1)N1CCCC(n2nccc2C(F)(F)F)C1. The number of hydrogen-bond acceptors (Lipinski definition) is 4. The van der Waals surface area contributed by atoms with E-state index in [4.69, 9.17) is 0 Å². The van der Waals surface area contributed by atoms with E-state index in [-0.39, 0.29) is 12.5 Å². The average Bonchev–Trinajstić information content (AvgIpc) is 3.25. The Morgan fingerprint density at radius 3 is 2.59 bits per heavy atom. The van der Waals surface area contributed by atoms with Crippen molar-refractivity contribution in [1.82, 2.24) is 19.7 Å². The predicted molar refractivity (Wildman–Crippen MR) is 102 cm³/mol. The number of amides is 1. The van der Waals surface area contributed by atoms with Crippen LogP contribution < -0.4 is 4.90 Å². The van der Waals surface area contributed by atoms with Gasteiger partial charge in [0.05, 0.1) is 11.6 Å². The maximum Gasteiger partial charge on any atom is 0.433 e. The first-order valence-electron chi connectivity index (χ1n) is 10.0. The second-order valence-corrected chi connectivity index (χ2v) is 7.63. The van der Waals surface area contributed by atoms with Gasteiger partial charge in [-0.3, -0.25) is 9.48 Å². The van der Waals surface area contributed by atoms with Crippen molar-refractivity contribution in [1.29, 1.82) is 0 Å². The van der Waals surface area contributed by atoms with Crippen molar-refractivity contribution in [3.05, 3.63) is 41.9 Å². The highest BCUT2D eigenvalue weighted by atomic mass is 19.4. The summed E-state index contributed by atoms with van der Waals surface area (Å²) in [5.74, 6) is 0.499. The average molecular weight is 407 g/mol. The van der Waals surface area contributed by atoms with E-state index in [1.54, 1.807) is 23.2 Å². The van der Waals surface area contributed by atoms with Crippen LogP contribution in [0.3, 0.4) is 0 Å². The molecule has 2 fully saturated rings. The molecule has 9 heteroatoms. The topological polar surface area (TPSA) is 54.3 Å². The van der Waals surface area contributed by atoms with Crippen LogP contribution in [0.1, 0.15) is 54.2 Å². The van der Waals surface area contributed by atoms with Crippen LogP contribution in [-0.4, -0.2) is 51.8 Å². The molecule has 2 aliphatic rings. The Balaban J connectivity index is 1.55. The van der Waals surface area contributed by atoms with Crippen LogP contribution >= 0.6 is 0 Å². The van der Waals surface area contributed by atoms with E-state index in [9.17, 15) is 18.0 Å². The lowest BCUT2D eigenvalue weighted by Gasteiger charge is -2.35. The summed E-state index contributed by atoms with van der Waals surface area (Å²) < 4.78 is 40.8. The number of piperidine rings is 2. The number of carbonyl (C=O) groups is 1. The fourth-order valence-corrected chi connectivity index (χ4v) is 4.26. The van der Waals surface area contributed by atoms with Gasteiger partial charge in [0.25, 0.3) is 5.91 Å². The molecule has 0 aromatic carbocycles. The van der Waals surface area contributed by atoms with Crippen molar-refractivity contribution >= 4 is 11.7 Å². The third-order valence-electron chi connectivity index (χ3n) is 5.66. The lowest BCUT2D eigenvalue weighted by atomic mass is 10.0. The molecule has 4 heterocycles. The summed E-state index contributed by atoms with van der Waals surface area (Å²) in [6.07, 6.45) is 2.87. The molecule has 0 N–H and O–H groups in total. The second-order valence-electron chi connectivity index (χ2n) is 7.63. The number of aromatic nitrogens is 3. The summed E-state index contributed by atoms with van der Waals surface area (Å²) >= 11 is 0. The summed E-state index contributed by atoms with van der Waals surface area (Å²) in [5, 5.41) is 3.90. The summed E-state index contributed by atoms with van der Waals surface area (Å²) in [6, 6.07) is 3.99. The minimum atomic E-state index is -4.46. The number of carbonyl (C=O) groups excluding carboxylic acids is 1. The molecule has 6 nitrogen and oxygen atoms in total. The highest BCUT2D eigenvalue weighted by Gasteiger charge is 2.38. The summed E-state index contributed by atoms with van der Waals surface area (Å²) in [6.45, 7) is 2.45. The second kappa shape index (κ2) is 8.04. The third kappa shape index (κ3) is 4.09. The monoisotopic (exact) mass is 407 g/mol. The zero-order valence-electron chi connectivity index (χ0n) is 16.1. The van der Waals surface area contributed by atoms with Crippen LogP contribution in [-0.2, 0) is 6.18 Å². The molecule has 1 unspecified atom stereocenters. The molecule has 2 aromatic rings. The molecular formula is C20H24F3N5O. The molecular weight excluding hydrogens is 383 g/mol. The van der Waals surface area contributed by atoms with Gasteiger partial charge in [0, 0.05) is 38.6 Å². The van der Waals surface area contributed by atoms with Crippen LogP contribution in [0.15, 0.2) is 30.6 Å². The summed E-state index contributed by atoms with van der Waals surface area (Å²) in [4.78, 5) is 21.5. The minimum absolute atomic E-state index is 0.177. The Morgan fingerprint density at radius 2 is 1.83 bits per heavy atom.